The highest BCUT2D eigenvalue weighted by Crippen LogP contribution is 2.14. The highest BCUT2D eigenvalue weighted by atomic mass is 16.7. The number of aliphatic carboxylic acids is 1. The zero-order valence-corrected chi connectivity index (χ0v) is 12.5. The van der Waals surface area contributed by atoms with E-state index in [2.05, 4.69) is 15.3 Å². The molecule has 8 heteroatoms. The Hall–Kier alpha value is -2.90. The van der Waals surface area contributed by atoms with Crippen molar-refractivity contribution in [2.75, 3.05) is 6.61 Å². The average Bonchev–Trinajstić information content (AvgIpc) is 3.17. The van der Waals surface area contributed by atoms with Crippen LogP contribution in [0.3, 0.4) is 0 Å². The van der Waals surface area contributed by atoms with Gasteiger partial charge < -0.3 is 14.5 Å². The molecular weight excluding hydrogens is 298 g/mol. The molecule has 1 aromatic carbocycles. The predicted molar refractivity (Wildman–Crippen MR) is 81.8 cm³/mol. The van der Waals surface area contributed by atoms with Gasteiger partial charge in [0, 0.05) is 25.4 Å². The van der Waals surface area contributed by atoms with Crippen molar-refractivity contribution >= 4 is 17.0 Å². The highest BCUT2D eigenvalue weighted by Gasteiger charge is 2.07. The maximum atomic E-state index is 10.5. The van der Waals surface area contributed by atoms with Gasteiger partial charge in [0.25, 0.3) is 0 Å². The Morgan fingerprint density at radius 2 is 2.22 bits per heavy atom. The SMILES string of the molecule is O=C(O)CCCCOn1nnc2ccc(Cn3ccnc3)cc21. The van der Waals surface area contributed by atoms with Gasteiger partial charge in [-0.3, -0.25) is 4.79 Å². The van der Waals surface area contributed by atoms with Crippen LogP contribution < -0.4 is 4.84 Å². The highest BCUT2D eigenvalue weighted by molar-refractivity contribution is 5.74. The smallest absolute Gasteiger partial charge is 0.303 e. The third kappa shape index (κ3) is 3.85. The van der Waals surface area contributed by atoms with Crippen LogP contribution in [0.15, 0.2) is 36.9 Å². The van der Waals surface area contributed by atoms with Crippen molar-refractivity contribution < 1.29 is 14.7 Å². The van der Waals surface area contributed by atoms with E-state index in [1.54, 1.807) is 12.5 Å². The number of unbranched alkanes of at least 4 members (excludes halogenated alkanes) is 1. The number of rotatable bonds is 8. The number of benzene rings is 1. The summed E-state index contributed by atoms with van der Waals surface area (Å²) in [5, 5.41) is 16.6. The van der Waals surface area contributed by atoms with Gasteiger partial charge in [-0.2, -0.15) is 0 Å². The van der Waals surface area contributed by atoms with E-state index >= 15 is 0 Å². The summed E-state index contributed by atoms with van der Waals surface area (Å²) < 4.78 is 1.97. The summed E-state index contributed by atoms with van der Waals surface area (Å²) in [4.78, 5) is 21.4. The Bertz CT molecular complexity index is 782. The van der Waals surface area contributed by atoms with E-state index in [1.807, 2.05) is 29.0 Å². The van der Waals surface area contributed by atoms with Crippen molar-refractivity contribution in [2.24, 2.45) is 0 Å². The first-order chi connectivity index (χ1) is 11.2. The summed E-state index contributed by atoms with van der Waals surface area (Å²) >= 11 is 0. The summed E-state index contributed by atoms with van der Waals surface area (Å²) in [6.45, 7) is 1.11. The standard InChI is InChI=1S/C15H17N5O3/c21-15(22)3-1-2-8-23-20-14-9-12(4-5-13(14)17-18-20)10-19-7-6-16-11-19/h4-7,9,11H,1-3,8,10H2,(H,21,22). The lowest BCUT2D eigenvalue weighted by molar-refractivity contribution is -0.137. The minimum absolute atomic E-state index is 0.149. The Morgan fingerprint density at radius 1 is 1.30 bits per heavy atom. The van der Waals surface area contributed by atoms with Gasteiger partial charge in [-0.25, -0.2) is 4.98 Å². The molecule has 0 spiro atoms. The third-order valence-electron chi connectivity index (χ3n) is 3.40. The number of imidazole rings is 1. The molecule has 1 N–H and O–H groups in total. The second-order valence-electron chi connectivity index (χ2n) is 5.20. The van der Waals surface area contributed by atoms with Crippen molar-refractivity contribution in [1.29, 1.82) is 0 Å². The van der Waals surface area contributed by atoms with Crippen LogP contribution in [0.2, 0.25) is 0 Å². The Morgan fingerprint density at radius 3 is 3.00 bits per heavy atom. The molecule has 0 atom stereocenters. The van der Waals surface area contributed by atoms with E-state index < -0.39 is 5.97 Å². The molecule has 2 aromatic heterocycles. The Balaban J connectivity index is 1.65. The van der Waals surface area contributed by atoms with Crippen molar-refractivity contribution in [2.45, 2.75) is 25.8 Å². The van der Waals surface area contributed by atoms with Crippen LogP contribution >= 0.6 is 0 Å². The zero-order valence-electron chi connectivity index (χ0n) is 12.5. The van der Waals surface area contributed by atoms with Gasteiger partial charge in [-0.1, -0.05) is 10.9 Å². The van der Waals surface area contributed by atoms with E-state index in [0.29, 0.717) is 26.0 Å². The first-order valence-corrected chi connectivity index (χ1v) is 7.37. The summed E-state index contributed by atoms with van der Waals surface area (Å²) in [6, 6.07) is 5.87. The second-order valence-corrected chi connectivity index (χ2v) is 5.20. The molecule has 0 amide bonds. The van der Waals surface area contributed by atoms with Gasteiger partial charge in [-0.05, 0) is 35.8 Å². The van der Waals surface area contributed by atoms with E-state index in [4.69, 9.17) is 9.94 Å². The topological polar surface area (TPSA) is 95.1 Å². The fourth-order valence-corrected chi connectivity index (χ4v) is 2.26. The van der Waals surface area contributed by atoms with E-state index in [1.165, 1.54) is 4.85 Å². The molecule has 0 unspecified atom stereocenters. The third-order valence-corrected chi connectivity index (χ3v) is 3.40. The van der Waals surface area contributed by atoms with E-state index in [-0.39, 0.29) is 6.42 Å². The van der Waals surface area contributed by atoms with Crippen LogP contribution in [0.1, 0.15) is 24.8 Å². The number of carbonyl (C=O) groups is 1. The van der Waals surface area contributed by atoms with Crippen molar-refractivity contribution in [3.05, 3.63) is 42.5 Å². The first kappa shape index (κ1) is 15.0. The lowest BCUT2D eigenvalue weighted by Crippen LogP contribution is -2.14. The zero-order chi connectivity index (χ0) is 16.1. The average molecular weight is 315 g/mol. The molecule has 0 aliphatic heterocycles. The molecule has 120 valence electrons. The van der Waals surface area contributed by atoms with Crippen LogP contribution in [0.5, 0.6) is 0 Å². The van der Waals surface area contributed by atoms with Gasteiger partial charge >= 0.3 is 5.97 Å². The number of nitrogens with zero attached hydrogens (tertiary/aromatic N) is 5. The van der Waals surface area contributed by atoms with Crippen molar-refractivity contribution in [3.63, 3.8) is 0 Å². The monoisotopic (exact) mass is 315 g/mol. The number of hydrogen-bond donors (Lipinski definition) is 1. The van der Waals surface area contributed by atoms with E-state index in [0.717, 1.165) is 16.6 Å². The molecule has 0 fully saturated rings. The molecule has 0 saturated carbocycles. The largest absolute Gasteiger partial charge is 0.481 e. The molecule has 3 aromatic rings. The van der Waals surface area contributed by atoms with Crippen LogP contribution in [0, 0.1) is 0 Å². The van der Waals surface area contributed by atoms with Gasteiger partial charge in [-0.15, -0.1) is 5.10 Å². The molecule has 23 heavy (non-hydrogen) atoms. The quantitative estimate of drug-likeness (QED) is 0.631. The molecular formula is C15H17N5O3. The maximum Gasteiger partial charge on any atom is 0.303 e. The van der Waals surface area contributed by atoms with Gasteiger partial charge in [0.15, 0.2) is 0 Å². The number of fused-ring (bicyclic) bond motifs is 1. The minimum Gasteiger partial charge on any atom is -0.481 e. The molecule has 0 radical (unpaired) electrons. The van der Waals surface area contributed by atoms with Crippen LogP contribution in [0.4, 0.5) is 0 Å². The van der Waals surface area contributed by atoms with Crippen LogP contribution in [-0.2, 0) is 11.3 Å². The number of carboxylic acid groups (broad SMARTS) is 1. The number of hydrogen-bond acceptors (Lipinski definition) is 5. The fourth-order valence-electron chi connectivity index (χ4n) is 2.26. The second kappa shape index (κ2) is 6.91. The summed E-state index contributed by atoms with van der Waals surface area (Å²) in [7, 11) is 0. The lowest BCUT2D eigenvalue weighted by Gasteiger charge is -2.06. The van der Waals surface area contributed by atoms with Crippen molar-refractivity contribution in [1.82, 2.24) is 24.7 Å². The minimum atomic E-state index is -0.791. The van der Waals surface area contributed by atoms with Gasteiger partial charge in [0.2, 0.25) is 0 Å². The molecule has 0 saturated heterocycles. The molecule has 0 aliphatic rings. The lowest BCUT2D eigenvalue weighted by atomic mass is 10.2. The molecule has 3 rings (SSSR count). The van der Waals surface area contributed by atoms with Crippen molar-refractivity contribution in [3.8, 4) is 0 Å². The van der Waals surface area contributed by atoms with Gasteiger partial charge in [0.1, 0.15) is 17.6 Å². The van der Waals surface area contributed by atoms with Crippen LogP contribution in [0.25, 0.3) is 11.0 Å². The normalized spacial score (nSPS) is 11.0. The Labute approximate surface area is 132 Å². The van der Waals surface area contributed by atoms with Crippen LogP contribution in [-0.4, -0.2) is 42.4 Å². The molecule has 2 heterocycles. The maximum absolute atomic E-state index is 10.5. The summed E-state index contributed by atoms with van der Waals surface area (Å²) in [5.41, 5.74) is 2.64. The van der Waals surface area contributed by atoms with E-state index in [9.17, 15) is 4.79 Å². The first-order valence-electron chi connectivity index (χ1n) is 7.37. The molecule has 0 bridgehead atoms. The van der Waals surface area contributed by atoms with Gasteiger partial charge in [0.05, 0.1) is 6.33 Å². The fraction of sp³-hybridized carbons (Fsp3) is 0.333. The summed E-state index contributed by atoms with van der Waals surface area (Å²) in [6.07, 6.45) is 6.79. The number of carboxylic acids is 1. The number of aromatic nitrogens is 5. The predicted octanol–water partition coefficient (Wildman–Crippen LogP) is 1.36. The molecule has 0 aliphatic carbocycles. The Kier molecular flexibility index (Phi) is 4.51. The summed E-state index contributed by atoms with van der Waals surface area (Å²) in [5.74, 6) is -0.791. The molecule has 8 nitrogen and oxygen atoms in total.